The van der Waals surface area contributed by atoms with Crippen molar-refractivity contribution in [1.82, 2.24) is 14.9 Å². The summed E-state index contributed by atoms with van der Waals surface area (Å²) in [5.74, 6) is 1.15. The maximum absolute atomic E-state index is 11.4. The highest BCUT2D eigenvalue weighted by Gasteiger charge is 2.20. The number of nitrogens with one attached hydrogen (secondary N) is 1. The number of nitrogens with zero attached hydrogens (tertiary/aromatic N) is 3. The van der Waals surface area contributed by atoms with Gasteiger partial charge in [-0.3, -0.25) is 0 Å². The second kappa shape index (κ2) is 8.55. The standard InChI is InChI=1S/C21H25N5O3S/c1-2-26-12-10-17(11-13-26)29-19-5-3-4-15-14-23-21(25-20(15)19)24-16-6-8-18(9-7-16)30(22,27)28/h3-9,14,17H,2,10-13H2,1H3,(H2,22,27,28)(H,23,24,25). The smallest absolute Gasteiger partial charge is 0.238 e. The second-order valence-electron chi connectivity index (χ2n) is 7.33. The summed E-state index contributed by atoms with van der Waals surface area (Å²) >= 11 is 0. The SMILES string of the molecule is CCN1CCC(Oc2cccc3cnc(Nc4ccc(S(N)(=O)=O)cc4)nc23)CC1. The summed E-state index contributed by atoms with van der Waals surface area (Å²) in [5, 5.41) is 9.14. The summed E-state index contributed by atoms with van der Waals surface area (Å²) in [6.07, 6.45) is 3.92. The maximum Gasteiger partial charge on any atom is 0.238 e. The van der Waals surface area contributed by atoms with Crippen molar-refractivity contribution in [2.75, 3.05) is 25.0 Å². The Hall–Kier alpha value is -2.75. The highest BCUT2D eigenvalue weighted by Crippen LogP contribution is 2.28. The molecule has 1 aliphatic rings. The van der Waals surface area contributed by atoms with Crippen LogP contribution in [0, 0.1) is 0 Å². The molecule has 0 aliphatic carbocycles. The third-order valence-corrected chi connectivity index (χ3v) is 6.22. The molecule has 9 heteroatoms. The number of benzene rings is 2. The molecule has 2 heterocycles. The number of piperidine rings is 1. The molecule has 8 nitrogen and oxygen atoms in total. The van der Waals surface area contributed by atoms with Crippen LogP contribution in [0.5, 0.6) is 5.75 Å². The average molecular weight is 428 g/mol. The Bertz CT molecular complexity index is 1130. The lowest BCUT2D eigenvalue weighted by Gasteiger charge is -2.31. The number of hydrogen-bond donors (Lipinski definition) is 2. The minimum absolute atomic E-state index is 0.0530. The molecule has 30 heavy (non-hydrogen) atoms. The molecule has 1 aromatic heterocycles. The van der Waals surface area contributed by atoms with Crippen molar-refractivity contribution in [2.45, 2.75) is 30.8 Å². The van der Waals surface area contributed by atoms with E-state index in [0.29, 0.717) is 11.6 Å². The number of likely N-dealkylation sites (tertiary alicyclic amines) is 1. The first-order chi connectivity index (χ1) is 14.4. The first-order valence-electron chi connectivity index (χ1n) is 9.97. The molecule has 1 fully saturated rings. The monoisotopic (exact) mass is 427 g/mol. The summed E-state index contributed by atoms with van der Waals surface area (Å²) < 4.78 is 29.1. The van der Waals surface area contributed by atoms with Gasteiger partial charge in [-0.25, -0.2) is 23.5 Å². The lowest BCUT2D eigenvalue weighted by atomic mass is 10.1. The summed E-state index contributed by atoms with van der Waals surface area (Å²) in [6.45, 7) is 5.34. The van der Waals surface area contributed by atoms with E-state index in [9.17, 15) is 8.42 Å². The van der Waals surface area contributed by atoms with Crippen LogP contribution >= 0.6 is 0 Å². The van der Waals surface area contributed by atoms with E-state index < -0.39 is 10.0 Å². The van der Waals surface area contributed by atoms with Gasteiger partial charge in [0.15, 0.2) is 0 Å². The van der Waals surface area contributed by atoms with Gasteiger partial charge in [0.25, 0.3) is 0 Å². The van der Waals surface area contributed by atoms with Crippen molar-refractivity contribution in [2.24, 2.45) is 5.14 Å². The summed E-state index contributed by atoms with van der Waals surface area (Å²) in [7, 11) is -3.72. The zero-order chi connectivity index (χ0) is 21.1. The molecule has 0 saturated carbocycles. The van der Waals surface area contributed by atoms with Crippen LogP contribution in [0.15, 0.2) is 53.6 Å². The largest absolute Gasteiger partial charge is 0.488 e. The van der Waals surface area contributed by atoms with Crippen molar-refractivity contribution in [3.05, 3.63) is 48.7 Å². The van der Waals surface area contributed by atoms with Gasteiger partial charge in [-0.2, -0.15) is 0 Å². The quantitative estimate of drug-likeness (QED) is 0.622. The fourth-order valence-corrected chi connectivity index (χ4v) is 4.08. The van der Waals surface area contributed by atoms with Gasteiger partial charge in [0, 0.05) is 30.4 Å². The molecule has 0 spiro atoms. The predicted octanol–water partition coefficient (Wildman–Crippen LogP) is 2.88. The van der Waals surface area contributed by atoms with E-state index in [4.69, 9.17) is 9.88 Å². The number of hydrogen-bond acceptors (Lipinski definition) is 7. The number of rotatable bonds is 6. The zero-order valence-electron chi connectivity index (χ0n) is 16.8. The molecule has 3 N–H and O–H groups in total. The molecule has 0 amide bonds. The molecular weight excluding hydrogens is 402 g/mol. The first-order valence-corrected chi connectivity index (χ1v) is 11.5. The molecule has 158 valence electrons. The molecule has 0 bridgehead atoms. The Morgan fingerprint density at radius 1 is 1.17 bits per heavy atom. The van der Waals surface area contributed by atoms with Gasteiger partial charge in [-0.15, -0.1) is 0 Å². The molecule has 0 atom stereocenters. The molecule has 4 rings (SSSR count). The summed E-state index contributed by atoms with van der Waals surface area (Å²) in [5.41, 5.74) is 1.40. The lowest BCUT2D eigenvalue weighted by molar-refractivity contribution is 0.105. The van der Waals surface area contributed by atoms with E-state index in [1.54, 1.807) is 18.3 Å². The van der Waals surface area contributed by atoms with E-state index in [1.165, 1.54) is 12.1 Å². The molecular formula is C21H25N5O3S. The number of para-hydroxylation sites is 1. The van der Waals surface area contributed by atoms with Gasteiger partial charge in [-0.1, -0.05) is 19.1 Å². The first kappa shape index (κ1) is 20.5. The molecule has 3 aromatic rings. The third kappa shape index (κ3) is 4.69. The number of sulfonamides is 1. The Labute approximate surface area is 176 Å². The molecule has 0 radical (unpaired) electrons. The van der Waals surface area contributed by atoms with Crippen LogP contribution in [-0.2, 0) is 10.0 Å². The Balaban J connectivity index is 1.54. The predicted molar refractivity (Wildman–Crippen MR) is 116 cm³/mol. The van der Waals surface area contributed by atoms with E-state index in [2.05, 4.69) is 27.1 Å². The maximum atomic E-state index is 11.4. The van der Waals surface area contributed by atoms with Crippen LogP contribution in [-0.4, -0.2) is 49.0 Å². The van der Waals surface area contributed by atoms with E-state index >= 15 is 0 Å². The van der Waals surface area contributed by atoms with Crippen LogP contribution in [0.3, 0.4) is 0 Å². The molecule has 0 unspecified atom stereocenters. The minimum atomic E-state index is -3.72. The van der Waals surface area contributed by atoms with Crippen LogP contribution < -0.4 is 15.2 Å². The van der Waals surface area contributed by atoms with Crippen LogP contribution in [0.4, 0.5) is 11.6 Å². The fourth-order valence-electron chi connectivity index (χ4n) is 3.56. The topological polar surface area (TPSA) is 110 Å². The van der Waals surface area contributed by atoms with Crippen LogP contribution in [0.2, 0.25) is 0 Å². The molecule has 1 aliphatic heterocycles. The van der Waals surface area contributed by atoms with Crippen molar-refractivity contribution >= 4 is 32.6 Å². The fraction of sp³-hybridized carbons (Fsp3) is 0.333. The Kier molecular flexibility index (Phi) is 5.85. The Morgan fingerprint density at radius 3 is 2.57 bits per heavy atom. The second-order valence-corrected chi connectivity index (χ2v) is 8.89. The van der Waals surface area contributed by atoms with Crippen LogP contribution in [0.1, 0.15) is 19.8 Å². The van der Waals surface area contributed by atoms with Crippen LogP contribution in [0.25, 0.3) is 10.9 Å². The number of ether oxygens (including phenoxy) is 1. The average Bonchev–Trinajstić information content (AvgIpc) is 2.74. The number of nitrogens with two attached hydrogens (primary N) is 1. The van der Waals surface area contributed by atoms with Crippen molar-refractivity contribution in [1.29, 1.82) is 0 Å². The summed E-state index contributed by atoms with van der Waals surface area (Å²) in [4.78, 5) is 11.5. The molecule has 2 aromatic carbocycles. The van der Waals surface area contributed by atoms with Gasteiger partial charge in [0.2, 0.25) is 16.0 Å². The van der Waals surface area contributed by atoms with E-state index in [0.717, 1.165) is 49.1 Å². The molecule has 1 saturated heterocycles. The Morgan fingerprint density at radius 2 is 1.90 bits per heavy atom. The van der Waals surface area contributed by atoms with Gasteiger partial charge in [0.1, 0.15) is 17.4 Å². The van der Waals surface area contributed by atoms with Crippen molar-refractivity contribution in [3.63, 3.8) is 0 Å². The zero-order valence-corrected chi connectivity index (χ0v) is 17.6. The van der Waals surface area contributed by atoms with E-state index in [1.807, 2.05) is 18.2 Å². The van der Waals surface area contributed by atoms with Gasteiger partial charge < -0.3 is 15.0 Å². The van der Waals surface area contributed by atoms with E-state index in [-0.39, 0.29) is 11.0 Å². The van der Waals surface area contributed by atoms with Crippen molar-refractivity contribution in [3.8, 4) is 5.75 Å². The number of aromatic nitrogens is 2. The number of fused-ring (bicyclic) bond motifs is 1. The highest BCUT2D eigenvalue weighted by molar-refractivity contribution is 7.89. The minimum Gasteiger partial charge on any atom is -0.488 e. The third-order valence-electron chi connectivity index (χ3n) is 5.29. The van der Waals surface area contributed by atoms with Crippen molar-refractivity contribution < 1.29 is 13.2 Å². The highest BCUT2D eigenvalue weighted by atomic mass is 32.2. The lowest BCUT2D eigenvalue weighted by Crippen LogP contribution is -2.38. The van der Waals surface area contributed by atoms with Gasteiger partial charge >= 0.3 is 0 Å². The van der Waals surface area contributed by atoms with Gasteiger partial charge in [-0.05, 0) is 49.7 Å². The summed E-state index contributed by atoms with van der Waals surface area (Å²) in [6, 6.07) is 12.0. The normalized spacial score (nSPS) is 15.9. The number of primary sulfonamides is 1. The van der Waals surface area contributed by atoms with Gasteiger partial charge in [0.05, 0.1) is 4.90 Å². The number of anilines is 2.